The van der Waals surface area contributed by atoms with Gasteiger partial charge < -0.3 is 35.1 Å². The van der Waals surface area contributed by atoms with Crippen LogP contribution in [0.5, 0.6) is 17.2 Å². The number of ether oxygens (including phenoxy) is 4. The standard InChI is InChI=1S/C24H28N2O8/c1-31-19-13-17(14-20(15-19)32-2)4-3-16-5-7-18(8-6-16)34-24(30)33-12-11-26-23(29)21(25)9-10-22(27)28/h3-8,13-15,21H,9-12,25H2,1-2H3,(H,26,29)(H,27,28)/b4-3+. The molecule has 2 aromatic rings. The Kier molecular flexibility index (Phi) is 10.4. The van der Waals surface area contributed by atoms with E-state index in [2.05, 4.69) is 5.32 Å². The van der Waals surface area contributed by atoms with Crippen LogP contribution < -0.4 is 25.3 Å². The Labute approximate surface area is 197 Å². The highest BCUT2D eigenvalue weighted by molar-refractivity contribution is 5.82. The predicted molar refractivity (Wildman–Crippen MR) is 125 cm³/mol. The molecule has 1 amide bonds. The quantitative estimate of drug-likeness (QED) is 0.184. The minimum absolute atomic E-state index is 0.0168. The third-order valence-electron chi connectivity index (χ3n) is 4.55. The van der Waals surface area contributed by atoms with E-state index in [1.54, 1.807) is 44.6 Å². The van der Waals surface area contributed by atoms with Crippen molar-refractivity contribution in [1.29, 1.82) is 0 Å². The Hall–Kier alpha value is -4.05. The monoisotopic (exact) mass is 472 g/mol. The Bertz CT molecular complexity index is 982. The summed E-state index contributed by atoms with van der Waals surface area (Å²) >= 11 is 0. The Balaban J connectivity index is 1.77. The Morgan fingerprint density at radius 1 is 0.971 bits per heavy atom. The third-order valence-corrected chi connectivity index (χ3v) is 4.55. The number of aliphatic carboxylic acids is 1. The molecule has 0 heterocycles. The number of carboxylic acid groups (broad SMARTS) is 1. The summed E-state index contributed by atoms with van der Waals surface area (Å²) in [5, 5.41) is 11.1. The highest BCUT2D eigenvalue weighted by Crippen LogP contribution is 2.24. The Morgan fingerprint density at radius 2 is 1.59 bits per heavy atom. The number of carbonyl (C=O) groups is 3. The van der Waals surface area contributed by atoms with Gasteiger partial charge in [-0.15, -0.1) is 0 Å². The highest BCUT2D eigenvalue weighted by Gasteiger charge is 2.14. The first-order chi connectivity index (χ1) is 16.3. The van der Waals surface area contributed by atoms with Gasteiger partial charge in [0, 0.05) is 12.5 Å². The van der Waals surface area contributed by atoms with Crippen LogP contribution in [0, 0.1) is 0 Å². The zero-order valence-electron chi connectivity index (χ0n) is 19.0. The lowest BCUT2D eigenvalue weighted by molar-refractivity contribution is -0.137. The summed E-state index contributed by atoms with van der Waals surface area (Å²) in [4.78, 5) is 34.0. The third kappa shape index (κ3) is 9.21. The van der Waals surface area contributed by atoms with E-state index in [0.29, 0.717) is 17.2 Å². The second-order valence-corrected chi connectivity index (χ2v) is 7.08. The molecule has 4 N–H and O–H groups in total. The van der Waals surface area contributed by atoms with Crippen molar-refractivity contribution in [2.24, 2.45) is 5.73 Å². The van der Waals surface area contributed by atoms with Crippen LogP contribution in [-0.2, 0) is 14.3 Å². The van der Waals surface area contributed by atoms with Crippen LogP contribution in [0.15, 0.2) is 42.5 Å². The van der Waals surface area contributed by atoms with Crippen molar-refractivity contribution < 1.29 is 38.4 Å². The van der Waals surface area contributed by atoms with Crippen LogP contribution in [0.3, 0.4) is 0 Å². The fourth-order valence-corrected chi connectivity index (χ4v) is 2.74. The van der Waals surface area contributed by atoms with Crippen LogP contribution in [0.2, 0.25) is 0 Å². The van der Waals surface area contributed by atoms with Gasteiger partial charge in [0.05, 0.1) is 26.8 Å². The van der Waals surface area contributed by atoms with Crippen LogP contribution >= 0.6 is 0 Å². The molecule has 10 heteroatoms. The average Bonchev–Trinajstić information content (AvgIpc) is 2.84. The van der Waals surface area contributed by atoms with E-state index in [9.17, 15) is 14.4 Å². The van der Waals surface area contributed by atoms with Crippen molar-refractivity contribution in [2.45, 2.75) is 18.9 Å². The molecule has 0 aliphatic heterocycles. The van der Waals surface area contributed by atoms with Crippen molar-refractivity contribution in [3.05, 3.63) is 53.6 Å². The van der Waals surface area contributed by atoms with E-state index in [0.717, 1.165) is 11.1 Å². The zero-order chi connectivity index (χ0) is 24.9. The van der Waals surface area contributed by atoms with Crippen molar-refractivity contribution >= 4 is 30.2 Å². The molecule has 10 nitrogen and oxygen atoms in total. The molecule has 0 aliphatic rings. The van der Waals surface area contributed by atoms with Gasteiger partial charge in [0.1, 0.15) is 23.9 Å². The number of rotatable bonds is 12. The van der Waals surface area contributed by atoms with Crippen LogP contribution in [0.4, 0.5) is 4.79 Å². The molecular formula is C24H28N2O8. The number of amides is 1. The van der Waals surface area contributed by atoms with Crippen molar-refractivity contribution in [2.75, 3.05) is 27.4 Å². The molecule has 2 aromatic carbocycles. The Morgan fingerprint density at radius 3 is 2.18 bits per heavy atom. The maximum Gasteiger partial charge on any atom is 0.513 e. The molecular weight excluding hydrogens is 444 g/mol. The molecule has 34 heavy (non-hydrogen) atoms. The SMILES string of the molecule is COc1cc(/C=C/c2ccc(OC(=O)OCCNC(=O)C(N)CCC(=O)O)cc2)cc(OC)c1. The van der Waals surface area contributed by atoms with Gasteiger partial charge >= 0.3 is 12.1 Å². The molecule has 1 atom stereocenters. The number of nitrogens with two attached hydrogens (primary N) is 1. The van der Waals surface area contributed by atoms with Gasteiger partial charge in [0.25, 0.3) is 0 Å². The predicted octanol–water partition coefficient (Wildman–Crippen LogP) is 2.70. The van der Waals surface area contributed by atoms with Crippen LogP contribution in [-0.4, -0.2) is 56.6 Å². The lowest BCUT2D eigenvalue weighted by Crippen LogP contribution is -2.42. The molecule has 0 radical (unpaired) electrons. The smallest absolute Gasteiger partial charge is 0.497 e. The molecule has 1 unspecified atom stereocenters. The largest absolute Gasteiger partial charge is 0.513 e. The second-order valence-electron chi connectivity index (χ2n) is 7.08. The summed E-state index contributed by atoms with van der Waals surface area (Å²) in [6.07, 6.45) is 2.68. The topological polar surface area (TPSA) is 146 Å². The van der Waals surface area contributed by atoms with Crippen LogP contribution in [0.25, 0.3) is 12.2 Å². The van der Waals surface area contributed by atoms with Gasteiger partial charge in [-0.05, 0) is 41.8 Å². The van der Waals surface area contributed by atoms with Gasteiger partial charge in [0.2, 0.25) is 5.91 Å². The average molecular weight is 472 g/mol. The summed E-state index contributed by atoms with van der Waals surface area (Å²) in [7, 11) is 3.17. The maximum atomic E-state index is 11.8. The first kappa shape index (κ1) is 26.2. The number of hydrogen-bond donors (Lipinski definition) is 3. The maximum absolute atomic E-state index is 11.8. The highest BCUT2D eigenvalue weighted by atomic mass is 16.7. The molecule has 0 aliphatic carbocycles. The first-order valence-corrected chi connectivity index (χ1v) is 10.4. The molecule has 182 valence electrons. The molecule has 0 aromatic heterocycles. The summed E-state index contributed by atoms with van der Waals surface area (Å²) in [6.45, 7) is -0.103. The van der Waals surface area contributed by atoms with E-state index in [1.807, 2.05) is 24.3 Å². The van der Waals surface area contributed by atoms with Gasteiger partial charge in [-0.2, -0.15) is 0 Å². The number of methoxy groups -OCH3 is 2. The zero-order valence-corrected chi connectivity index (χ0v) is 19.0. The second kappa shape index (κ2) is 13.5. The van der Waals surface area contributed by atoms with Crippen molar-refractivity contribution in [3.8, 4) is 17.2 Å². The lowest BCUT2D eigenvalue weighted by Gasteiger charge is -2.11. The molecule has 0 fully saturated rings. The number of nitrogens with one attached hydrogen (secondary N) is 1. The molecule has 2 rings (SSSR count). The number of carboxylic acids is 1. The summed E-state index contributed by atoms with van der Waals surface area (Å²) < 4.78 is 20.5. The van der Waals surface area contributed by atoms with Gasteiger partial charge in [-0.25, -0.2) is 4.79 Å². The minimum Gasteiger partial charge on any atom is -0.497 e. The first-order valence-electron chi connectivity index (χ1n) is 10.4. The minimum atomic E-state index is -1.03. The van der Waals surface area contributed by atoms with E-state index in [-0.39, 0.29) is 26.0 Å². The van der Waals surface area contributed by atoms with Crippen molar-refractivity contribution in [3.63, 3.8) is 0 Å². The molecule has 0 saturated carbocycles. The fraction of sp³-hybridized carbons (Fsp3) is 0.292. The van der Waals surface area contributed by atoms with E-state index < -0.39 is 24.1 Å². The van der Waals surface area contributed by atoms with Gasteiger partial charge in [-0.1, -0.05) is 24.3 Å². The number of hydrogen-bond acceptors (Lipinski definition) is 8. The van der Waals surface area contributed by atoms with Gasteiger partial charge in [-0.3, -0.25) is 9.59 Å². The number of benzene rings is 2. The summed E-state index contributed by atoms with van der Waals surface area (Å²) in [6, 6.07) is 11.4. The normalized spacial score (nSPS) is 11.5. The van der Waals surface area contributed by atoms with Crippen LogP contribution in [0.1, 0.15) is 24.0 Å². The lowest BCUT2D eigenvalue weighted by atomic mass is 10.1. The van der Waals surface area contributed by atoms with E-state index in [1.165, 1.54) is 0 Å². The summed E-state index contributed by atoms with van der Waals surface area (Å²) in [5.41, 5.74) is 7.36. The molecule has 0 spiro atoms. The van der Waals surface area contributed by atoms with E-state index >= 15 is 0 Å². The van der Waals surface area contributed by atoms with Gasteiger partial charge in [0.15, 0.2) is 0 Å². The molecule has 0 bridgehead atoms. The number of carbonyl (C=O) groups excluding carboxylic acids is 2. The van der Waals surface area contributed by atoms with E-state index in [4.69, 9.17) is 29.8 Å². The fourth-order valence-electron chi connectivity index (χ4n) is 2.74. The summed E-state index contributed by atoms with van der Waals surface area (Å²) in [5.74, 6) is 0.110. The van der Waals surface area contributed by atoms with Crippen molar-refractivity contribution in [1.82, 2.24) is 5.32 Å². The molecule has 0 saturated heterocycles.